The van der Waals surface area contributed by atoms with Gasteiger partial charge in [0.2, 0.25) is 15.9 Å². The van der Waals surface area contributed by atoms with Crippen LogP contribution in [0.2, 0.25) is 0 Å². The van der Waals surface area contributed by atoms with Crippen LogP contribution < -0.4 is 5.32 Å². The van der Waals surface area contributed by atoms with Gasteiger partial charge in [-0.3, -0.25) is 15.1 Å². The molecule has 1 aliphatic heterocycles. The predicted octanol–water partition coefficient (Wildman–Crippen LogP) is 3.34. The average Bonchev–Trinajstić information content (AvgIpc) is 3.28. The van der Waals surface area contributed by atoms with Crippen molar-refractivity contribution in [3.63, 3.8) is 0 Å². The molecule has 0 radical (unpaired) electrons. The van der Waals surface area contributed by atoms with Gasteiger partial charge in [-0.2, -0.15) is 4.31 Å². The first kappa shape index (κ1) is 21.1. The van der Waals surface area contributed by atoms with Crippen molar-refractivity contribution in [2.45, 2.75) is 43.5 Å². The van der Waals surface area contributed by atoms with Crippen LogP contribution in [0.5, 0.6) is 0 Å². The minimum absolute atomic E-state index is 0.0221. The van der Waals surface area contributed by atoms with E-state index in [-0.39, 0.29) is 28.4 Å². The number of piperidine rings is 1. The number of anilines is 1. The first-order valence-electron chi connectivity index (χ1n) is 10.2. The molecule has 1 unspecified atom stereocenters. The van der Waals surface area contributed by atoms with E-state index >= 15 is 0 Å². The molecule has 0 spiro atoms. The maximum atomic E-state index is 13.1. The number of carbonyl (C=O) groups excluding carboxylic acids is 1. The molecule has 3 aromatic rings. The highest BCUT2D eigenvalue weighted by Gasteiger charge is 2.32. The molecule has 162 valence electrons. The number of carbonyl (C=O) groups is 1. The van der Waals surface area contributed by atoms with Crippen LogP contribution in [-0.2, 0) is 10.0 Å². The lowest BCUT2D eigenvalue weighted by molar-refractivity contribution is 0.102. The fourth-order valence-corrected chi connectivity index (χ4v) is 5.43. The van der Waals surface area contributed by atoms with Gasteiger partial charge in [0.05, 0.1) is 4.90 Å². The number of benzene rings is 1. The Morgan fingerprint density at radius 2 is 1.87 bits per heavy atom. The van der Waals surface area contributed by atoms with Gasteiger partial charge in [0, 0.05) is 36.1 Å². The third kappa shape index (κ3) is 4.49. The maximum absolute atomic E-state index is 13.1. The molecule has 2 aromatic heterocycles. The second-order valence-electron chi connectivity index (χ2n) is 7.30. The van der Waals surface area contributed by atoms with Crippen molar-refractivity contribution in [2.24, 2.45) is 0 Å². The van der Waals surface area contributed by atoms with Gasteiger partial charge in [0.15, 0.2) is 0 Å². The van der Waals surface area contributed by atoms with Gasteiger partial charge >= 0.3 is 6.01 Å². The quantitative estimate of drug-likeness (QED) is 0.623. The molecule has 31 heavy (non-hydrogen) atoms. The molecule has 1 aliphatic rings. The zero-order valence-electron chi connectivity index (χ0n) is 17.1. The Hall–Kier alpha value is -3.11. The zero-order chi connectivity index (χ0) is 21.8. The minimum Gasteiger partial charge on any atom is -0.403 e. The van der Waals surface area contributed by atoms with E-state index < -0.39 is 15.9 Å². The van der Waals surface area contributed by atoms with Crippen molar-refractivity contribution in [2.75, 3.05) is 11.9 Å². The van der Waals surface area contributed by atoms with E-state index in [1.54, 1.807) is 28.8 Å². The number of nitrogens with one attached hydrogen (secondary N) is 1. The van der Waals surface area contributed by atoms with E-state index in [0.717, 1.165) is 25.7 Å². The molecule has 1 aromatic carbocycles. The van der Waals surface area contributed by atoms with Crippen molar-refractivity contribution >= 4 is 21.9 Å². The van der Waals surface area contributed by atoms with Crippen LogP contribution in [0, 0.1) is 0 Å². The standard InChI is InChI=1S/C21H23N5O4S/c1-2-17-5-3-4-14-26(17)31(28,29)18-8-6-15(7-9-18)19(27)23-21-25-24-20(30-21)16-10-12-22-13-11-16/h6-13,17H,2-5,14H2,1H3,(H,23,25,27). The average molecular weight is 442 g/mol. The fraction of sp³-hybridized carbons (Fsp3) is 0.333. The second kappa shape index (κ2) is 8.94. The molecule has 0 bridgehead atoms. The molecule has 0 saturated carbocycles. The fourth-order valence-electron chi connectivity index (χ4n) is 3.67. The Morgan fingerprint density at radius 1 is 1.13 bits per heavy atom. The molecular weight excluding hydrogens is 418 g/mol. The number of amides is 1. The summed E-state index contributed by atoms with van der Waals surface area (Å²) in [7, 11) is -3.60. The third-order valence-electron chi connectivity index (χ3n) is 5.34. The zero-order valence-corrected chi connectivity index (χ0v) is 17.9. The molecule has 1 atom stereocenters. The molecule has 10 heteroatoms. The Kier molecular flexibility index (Phi) is 6.10. The van der Waals surface area contributed by atoms with Crippen LogP contribution in [0.3, 0.4) is 0 Å². The molecular formula is C21H23N5O4S. The van der Waals surface area contributed by atoms with Crippen molar-refractivity contribution in [3.8, 4) is 11.5 Å². The van der Waals surface area contributed by atoms with Crippen LogP contribution in [0.25, 0.3) is 11.5 Å². The number of sulfonamides is 1. The van der Waals surface area contributed by atoms with Gasteiger partial charge in [0.25, 0.3) is 5.91 Å². The number of rotatable bonds is 6. The van der Waals surface area contributed by atoms with E-state index in [1.165, 1.54) is 24.3 Å². The number of nitrogens with zero attached hydrogens (tertiary/aromatic N) is 4. The molecule has 1 N–H and O–H groups in total. The number of hydrogen-bond acceptors (Lipinski definition) is 7. The van der Waals surface area contributed by atoms with Gasteiger partial charge in [-0.05, 0) is 55.7 Å². The normalized spacial score (nSPS) is 17.4. The Labute approximate surface area is 180 Å². The predicted molar refractivity (Wildman–Crippen MR) is 114 cm³/mol. The molecule has 1 saturated heterocycles. The summed E-state index contributed by atoms with van der Waals surface area (Å²) in [5.41, 5.74) is 0.967. The molecule has 1 amide bonds. The van der Waals surface area contributed by atoms with E-state index in [4.69, 9.17) is 4.42 Å². The van der Waals surface area contributed by atoms with Crippen LogP contribution >= 0.6 is 0 Å². The minimum atomic E-state index is -3.60. The van der Waals surface area contributed by atoms with Gasteiger partial charge < -0.3 is 4.42 Å². The summed E-state index contributed by atoms with van der Waals surface area (Å²) in [6.45, 7) is 2.53. The summed E-state index contributed by atoms with van der Waals surface area (Å²) < 4.78 is 33.2. The SMILES string of the molecule is CCC1CCCCN1S(=O)(=O)c1ccc(C(=O)Nc2nnc(-c3ccncc3)o2)cc1. The van der Waals surface area contributed by atoms with Gasteiger partial charge in [-0.15, -0.1) is 5.10 Å². The number of aromatic nitrogens is 3. The first-order chi connectivity index (χ1) is 15.0. The van der Waals surface area contributed by atoms with Gasteiger partial charge in [0.1, 0.15) is 0 Å². The second-order valence-corrected chi connectivity index (χ2v) is 9.19. The summed E-state index contributed by atoms with van der Waals surface area (Å²) in [5, 5.41) is 10.3. The summed E-state index contributed by atoms with van der Waals surface area (Å²) >= 11 is 0. The highest BCUT2D eigenvalue weighted by Crippen LogP contribution is 2.27. The van der Waals surface area contributed by atoms with Gasteiger partial charge in [-0.25, -0.2) is 8.42 Å². The van der Waals surface area contributed by atoms with Gasteiger partial charge in [-0.1, -0.05) is 18.4 Å². The number of pyridine rings is 1. The molecule has 4 rings (SSSR count). The number of hydrogen-bond donors (Lipinski definition) is 1. The Morgan fingerprint density at radius 3 is 2.58 bits per heavy atom. The summed E-state index contributed by atoms with van der Waals surface area (Å²) in [4.78, 5) is 16.6. The summed E-state index contributed by atoms with van der Waals surface area (Å²) in [5.74, 6) is -0.218. The van der Waals surface area contributed by atoms with Crippen LogP contribution in [-0.4, -0.2) is 46.4 Å². The van der Waals surface area contributed by atoms with Crippen molar-refractivity contribution < 1.29 is 17.6 Å². The monoisotopic (exact) mass is 441 g/mol. The van der Waals surface area contributed by atoms with E-state index in [2.05, 4.69) is 20.5 Å². The lowest BCUT2D eigenvalue weighted by atomic mass is 10.0. The van der Waals surface area contributed by atoms with Crippen molar-refractivity contribution in [1.82, 2.24) is 19.5 Å². The molecule has 3 heterocycles. The summed E-state index contributed by atoms with van der Waals surface area (Å²) in [6.07, 6.45) is 6.76. The van der Waals surface area contributed by atoms with Crippen LogP contribution in [0.4, 0.5) is 6.01 Å². The lowest BCUT2D eigenvalue weighted by Crippen LogP contribution is -2.43. The molecule has 0 aliphatic carbocycles. The Bertz CT molecular complexity index is 1150. The van der Waals surface area contributed by atoms with E-state index in [0.29, 0.717) is 12.1 Å². The summed E-state index contributed by atoms with van der Waals surface area (Å²) in [6, 6.07) is 9.28. The van der Waals surface area contributed by atoms with E-state index in [1.807, 2.05) is 6.92 Å². The smallest absolute Gasteiger partial charge is 0.322 e. The lowest BCUT2D eigenvalue weighted by Gasteiger charge is -2.34. The van der Waals surface area contributed by atoms with Crippen molar-refractivity contribution in [3.05, 3.63) is 54.4 Å². The topological polar surface area (TPSA) is 118 Å². The third-order valence-corrected chi connectivity index (χ3v) is 7.31. The maximum Gasteiger partial charge on any atom is 0.322 e. The highest BCUT2D eigenvalue weighted by atomic mass is 32.2. The first-order valence-corrected chi connectivity index (χ1v) is 11.6. The highest BCUT2D eigenvalue weighted by molar-refractivity contribution is 7.89. The van der Waals surface area contributed by atoms with E-state index in [9.17, 15) is 13.2 Å². The van der Waals surface area contributed by atoms with Crippen molar-refractivity contribution in [1.29, 1.82) is 0 Å². The molecule has 1 fully saturated rings. The Balaban J connectivity index is 1.47. The largest absolute Gasteiger partial charge is 0.403 e. The molecule has 9 nitrogen and oxygen atoms in total. The van der Waals surface area contributed by atoms with Crippen LogP contribution in [0.1, 0.15) is 43.0 Å². The van der Waals surface area contributed by atoms with Crippen LogP contribution in [0.15, 0.2) is 58.1 Å².